The lowest BCUT2D eigenvalue weighted by Gasteiger charge is -2.07. The lowest BCUT2D eigenvalue weighted by molar-refractivity contribution is -0.384. The van der Waals surface area contributed by atoms with E-state index >= 15 is 0 Å². The van der Waals surface area contributed by atoms with E-state index in [9.17, 15) is 23.3 Å². The summed E-state index contributed by atoms with van der Waals surface area (Å²) in [7, 11) is 0. The monoisotopic (exact) mass is 308 g/mol. The fourth-order valence-corrected chi connectivity index (χ4v) is 2.00. The van der Waals surface area contributed by atoms with Gasteiger partial charge in [0.05, 0.1) is 10.6 Å². The molecule has 0 unspecified atom stereocenters. The van der Waals surface area contributed by atoms with E-state index in [-0.39, 0.29) is 17.0 Å². The third kappa shape index (κ3) is 2.36. The highest BCUT2D eigenvalue weighted by Crippen LogP contribution is 2.30. The maximum Gasteiger partial charge on any atom is 0.433 e. The average molecular weight is 308 g/mol. The van der Waals surface area contributed by atoms with Crippen molar-refractivity contribution in [3.8, 4) is 11.3 Å². The molecule has 112 valence electrons. The van der Waals surface area contributed by atoms with E-state index in [4.69, 9.17) is 0 Å². The minimum atomic E-state index is -4.56. The Morgan fingerprint density at radius 2 is 1.82 bits per heavy atom. The Kier molecular flexibility index (Phi) is 3.05. The average Bonchev–Trinajstić information content (AvgIpc) is 2.90. The third-order valence-electron chi connectivity index (χ3n) is 3.02. The highest BCUT2D eigenvalue weighted by Gasteiger charge is 2.34. The molecule has 22 heavy (non-hydrogen) atoms. The van der Waals surface area contributed by atoms with Gasteiger partial charge in [-0.3, -0.25) is 10.1 Å². The predicted octanol–water partition coefficient (Wildman–Crippen LogP) is 3.32. The Morgan fingerprint density at radius 3 is 2.41 bits per heavy atom. The number of halogens is 3. The van der Waals surface area contributed by atoms with Crippen LogP contribution < -0.4 is 0 Å². The van der Waals surface area contributed by atoms with Crippen molar-refractivity contribution < 1.29 is 18.1 Å². The number of hydrogen-bond donors (Lipinski definition) is 0. The second kappa shape index (κ2) is 4.79. The van der Waals surface area contributed by atoms with Gasteiger partial charge < -0.3 is 0 Å². The summed E-state index contributed by atoms with van der Waals surface area (Å²) in [6, 6.07) is 7.59. The molecule has 3 aromatic rings. The van der Waals surface area contributed by atoms with Crippen LogP contribution in [0.25, 0.3) is 16.9 Å². The van der Waals surface area contributed by atoms with Crippen LogP contribution in [0, 0.1) is 10.1 Å². The highest BCUT2D eigenvalue weighted by molar-refractivity contribution is 5.65. The number of aromatic nitrogens is 3. The van der Waals surface area contributed by atoms with E-state index in [1.54, 1.807) is 0 Å². The lowest BCUT2D eigenvalue weighted by atomic mass is 10.1. The van der Waals surface area contributed by atoms with E-state index in [0.717, 1.165) is 12.3 Å². The van der Waals surface area contributed by atoms with Gasteiger partial charge in [-0.25, -0.2) is 9.50 Å². The van der Waals surface area contributed by atoms with Crippen LogP contribution in [0.15, 0.2) is 42.6 Å². The van der Waals surface area contributed by atoms with Crippen LogP contribution >= 0.6 is 0 Å². The van der Waals surface area contributed by atoms with E-state index in [1.807, 2.05) is 0 Å². The number of fused-ring (bicyclic) bond motifs is 1. The van der Waals surface area contributed by atoms with Gasteiger partial charge in [-0.05, 0) is 18.2 Å². The first-order valence-electron chi connectivity index (χ1n) is 6.03. The van der Waals surface area contributed by atoms with Crippen LogP contribution in [-0.4, -0.2) is 19.5 Å². The first-order chi connectivity index (χ1) is 10.4. The fraction of sp³-hybridized carbons (Fsp3) is 0.0769. The number of rotatable bonds is 2. The predicted molar refractivity (Wildman–Crippen MR) is 70.1 cm³/mol. The molecule has 0 N–H and O–H groups in total. The number of hydrogen-bond acceptors (Lipinski definition) is 4. The highest BCUT2D eigenvalue weighted by atomic mass is 19.4. The zero-order valence-electron chi connectivity index (χ0n) is 10.8. The maximum atomic E-state index is 12.9. The largest absolute Gasteiger partial charge is 0.433 e. The van der Waals surface area contributed by atoms with Crippen molar-refractivity contribution >= 4 is 11.3 Å². The quantitative estimate of drug-likeness (QED) is 0.537. The van der Waals surface area contributed by atoms with Crippen LogP contribution in [0.3, 0.4) is 0 Å². The van der Waals surface area contributed by atoms with Crippen molar-refractivity contribution in [3.63, 3.8) is 0 Å². The van der Waals surface area contributed by atoms with Gasteiger partial charge in [0.25, 0.3) is 5.69 Å². The molecule has 0 saturated carbocycles. The van der Waals surface area contributed by atoms with Crippen molar-refractivity contribution in [2.45, 2.75) is 6.18 Å². The Bertz CT molecular complexity index is 856. The lowest BCUT2D eigenvalue weighted by Crippen LogP contribution is -2.12. The normalized spacial score (nSPS) is 11.8. The van der Waals surface area contributed by atoms with E-state index < -0.39 is 16.8 Å². The number of alkyl halides is 3. The second-order valence-electron chi connectivity index (χ2n) is 4.43. The molecule has 6 nitrogen and oxygen atoms in total. The molecule has 0 spiro atoms. The Labute approximate surface area is 121 Å². The minimum absolute atomic E-state index is 0.0446. The van der Waals surface area contributed by atoms with Crippen molar-refractivity contribution in [2.75, 3.05) is 0 Å². The molecular formula is C13H7F3N4O2. The Morgan fingerprint density at radius 1 is 1.14 bits per heavy atom. The van der Waals surface area contributed by atoms with Gasteiger partial charge in [0, 0.05) is 30.0 Å². The van der Waals surface area contributed by atoms with Crippen LogP contribution in [0.5, 0.6) is 0 Å². The fourth-order valence-electron chi connectivity index (χ4n) is 2.00. The number of nitro groups is 1. The van der Waals surface area contributed by atoms with Crippen LogP contribution in [0.2, 0.25) is 0 Å². The molecule has 1 aromatic carbocycles. The number of non-ortho nitro benzene ring substituents is 1. The first-order valence-corrected chi connectivity index (χ1v) is 6.03. The molecule has 0 fully saturated rings. The van der Waals surface area contributed by atoms with Crippen molar-refractivity contribution in [1.29, 1.82) is 0 Å². The summed E-state index contributed by atoms with van der Waals surface area (Å²) in [4.78, 5) is 13.9. The topological polar surface area (TPSA) is 73.3 Å². The summed E-state index contributed by atoms with van der Waals surface area (Å²) < 4.78 is 39.4. The van der Waals surface area contributed by atoms with Crippen LogP contribution in [-0.2, 0) is 6.18 Å². The van der Waals surface area contributed by atoms with Crippen LogP contribution in [0.1, 0.15) is 5.69 Å². The standard InChI is InChI=1S/C13H7F3N4O2/c14-13(15,16)11-5-6-17-12-7-10(18-19(11)12)8-1-3-9(4-2-8)20(21)22/h1-7H. The molecule has 0 atom stereocenters. The SMILES string of the molecule is O=[N+]([O-])c1ccc(-c2cc3nccc(C(F)(F)F)n3n2)cc1. The van der Waals surface area contributed by atoms with Crippen molar-refractivity contribution in [3.05, 3.63) is 58.4 Å². The van der Waals surface area contributed by atoms with Gasteiger partial charge in [0.15, 0.2) is 5.65 Å². The molecule has 9 heteroatoms. The van der Waals surface area contributed by atoms with Gasteiger partial charge >= 0.3 is 6.18 Å². The summed E-state index contributed by atoms with van der Waals surface area (Å²) >= 11 is 0. The first kappa shape index (κ1) is 14.0. The van der Waals surface area contributed by atoms with Crippen LogP contribution in [0.4, 0.5) is 18.9 Å². The van der Waals surface area contributed by atoms with Crippen molar-refractivity contribution in [2.24, 2.45) is 0 Å². The summed E-state index contributed by atoms with van der Waals surface area (Å²) in [5.74, 6) is 0. The van der Waals surface area contributed by atoms with Gasteiger partial charge in [-0.15, -0.1) is 0 Å². The summed E-state index contributed by atoms with van der Waals surface area (Å²) in [6.07, 6.45) is -3.50. The summed E-state index contributed by atoms with van der Waals surface area (Å²) in [6.45, 7) is 0. The second-order valence-corrected chi connectivity index (χ2v) is 4.43. The van der Waals surface area contributed by atoms with Gasteiger partial charge in [0.1, 0.15) is 5.69 Å². The van der Waals surface area contributed by atoms with Gasteiger partial charge in [-0.1, -0.05) is 0 Å². The van der Waals surface area contributed by atoms with E-state index in [2.05, 4.69) is 10.1 Å². The number of nitrogens with zero attached hydrogens (tertiary/aromatic N) is 4. The molecule has 0 bridgehead atoms. The Hall–Kier alpha value is -2.97. The zero-order chi connectivity index (χ0) is 15.9. The van der Waals surface area contributed by atoms with E-state index in [0.29, 0.717) is 10.1 Å². The molecule has 3 rings (SSSR count). The molecule has 0 aliphatic carbocycles. The van der Waals surface area contributed by atoms with Gasteiger partial charge in [-0.2, -0.15) is 18.3 Å². The molecule has 2 aromatic heterocycles. The van der Waals surface area contributed by atoms with E-state index in [1.165, 1.54) is 30.3 Å². The molecule has 2 heterocycles. The molecule has 0 saturated heterocycles. The summed E-state index contributed by atoms with van der Waals surface area (Å²) in [5, 5.41) is 14.5. The maximum absolute atomic E-state index is 12.9. The number of nitro benzene ring substituents is 1. The number of benzene rings is 1. The third-order valence-corrected chi connectivity index (χ3v) is 3.02. The molecular weight excluding hydrogens is 301 g/mol. The molecule has 0 aliphatic heterocycles. The molecule has 0 aliphatic rings. The van der Waals surface area contributed by atoms with Crippen molar-refractivity contribution in [1.82, 2.24) is 14.6 Å². The molecule has 0 amide bonds. The summed E-state index contributed by atoms with van der Waals surface area (Å²) in [5.41, 5.74) is -0.293. The zero-order valence-corrected chi connectivity index (χ0v) is 10.8. The smallest absolute Gasteiger partial charge is 0.258 e. The Balaban J connectivity index is 2.11. The minimum Gasteiger partial charge on any atom is -0.258 e. The van der Waals surface area contributed by atoms with Gasteiger partial charge in [0.2, 0.25) is 0 Å². The molecule has 0 radical (unpaired) electrons.